The Bertz CT molecular complexity index is 686. The number of benzene rings is 1. The number of carbonyl (C=O) groups excluding carboxylic acids is 1. The second kappa shape index (κ2) is 8.51. The first-order valence-electron chi connectivity index (χ1n) is 9.51. The van der Waals surface area contributed by atoms with E-state index in [-0.39, 0.29) is 17.6 Å². The number of carbonyl (C=O) groups is 2. The molecule has 0 radical (unpaired) electrons. The zero-order chi connectivity index (χ0) is 20.3. The molecule has 8 heteroatoms. The van der Waals surface area contributed by atoms with Crippen molar-refractivity contribution in [1.29, 1.82) is 0 Å². The van der Waals surface area contributed by atoms with Crippen molar-refractivity contribution in [2.45, 2.75) is 43.9 Å². The highest BCUT2D eigenvalue weighted by atomic mass is 19.4. The summed E-state index contributed by atoms with van der Waals surface area (Å²) in [5.41, 5.74) is 0.0851. The first-order chi connectivity index (χ1) is 13.3. The van der Waals surface area contributed by atoms with E-state index in [1.807, 2.05) is 0 Å². The molecule has 2 heterocycles. The number of ether oxygens (including phenoxy) is 1. The van der Waals surface area contributed by atoms with Crippen LogP contribution in [0.25, 0.3) is 0 Å². The van der Waals surface area contributed by atoms with E-state index in [1.54, 1.807) is 6.07 Å². The van der Waals surface area contributed by atoms with Crippen molar-refractivity contribution in [1.82, 2.24) is 4.90 Å². The monoisotopic (exact) mass is 399 g/mol. The summed E-state index contributed by atoms with van der Waals surface area (Å²) in [4.78, 5) is 25.3. The molecule has 2 aliphatic rings. The molecular weight excluding hydrogens is 375 g/mol. The summed E-state index contributed by atoms with van der Waals surface area (Å²) in [5.74, 6) is -3.75. The highest BCUT2D eigenvalue weighted by molar-refractivity contribution is 5.77. The van der Waals surface area contributed by atoms with Gasteiger partial charge < -0.3 is 14.7 Å². The van der Waals surface area contributed by atoms with Crippen molar-refractivity contribution >= 4 is 11.9 Å². The Morgan fingerprint density at radius 2 is 1.79 bits per heavy atom. The molecule has 2 fully saturated rings. The highest BCUT2D eigenvalue weighted by Crippen LogP contribution is 2.38. The summed E-state index contributed by atoms with van der Waals surface area (Å²) < 4.78 is 46.0. The molecule has 28 heavy (non-hydrogen) atoms. The number of nitrogens with zero attached hydrogens (tertiary/aromatic N) is 1. The Balaban J connectivity index is 1.59. The van der Waals surface area contributed by atoms with Crippen LogP contribution in [0.15, 0.2) is 30.3 Å². The van der Waals surface area contributed by atoms with Crippen LogP contribution in [0.1, 0.15) is 37.2 Å². The topological polar surface area (TPSA) is 66.8 Å². The zero-order valence-electron chi connectivity index (χ0n) is 15.4. The van der Waals surface area contributed by atoms with Crippen LogP contribution in [0.5, 0.6) is 0 Å². The summed E-state index contributed by atoms with van der Waals surface area (Å²) in [6.45, 7) is 1.06. The lowest BCUT2D eigenvalue weighted by Crippen LogP contribution is -2.44. The average Bonchev–Trinajstić information content (AvgIpc) is 3.16. The third kappa shape index (κ3) is 4.66. The second-order valence-corrected chi connectivity index (χ2v) is 7.50. The van der Waals surface area contributed by atoms with Crippen molar-refractivity contribution < 1.29 is 32.6 Å². The van der Waals surface area contributed by atoms with Crippen LogP contribution in [0.3, 0.4) is 0 Å². The summed E-state index contributed by atoms with van der Waals surface area (Å²) in [6.07, 6.45) is -3.92. The van der Waals surface area contributed by atoms with Gasteiger partial charge in [-0.15, -0.1) is 0 Å². The fraction of sp³-hybridized carbons (Fsp3) is 0.600. The summed E-state index contributed by atoms with van der Waals surface area (Å²) >= 11 is 0. The Morgan fingerprint density at radius 3 is 2.36 bits per heavy atom. The number of rotatable bonds is 5. The quantitative estimate of drug-likeness (QED) is 0.824. The van der Waals surface area contributed by atoms with Crippen LogP contribution < -0.4 is 0 Å². The van der Waals surface area contributed by atoms with Crippen LogP contribution in [-0.2, 0) is 14.3 Å². The maximum atomic E-state index is 13.5. The van der Waals surface area contributed by atoms with Gasteiger partial charge in [-0.1, -0.05) is 30.3 Å². The summed E-state index contributed by atoms with van der Waals surface area (Å²) in [7, 11) is 0. The maximum absolute atomic E-state index is 13.5. The Morgan fingerprint density at radius 1 is 1.14 bits per heavy atom. The molecule has 0 bridgehead atoms. The molecule has 1 amide bonds. The van der Waals surface area contributed by atoms with Crippen molar-refractivity contribution in [2.75, 3.05) is 19.7 Å². The number of halogens is 3. The van der Waals surface area contributed by atoms with Crippen LogP contribution in [0.4, 0.5) is 13.2 Å². The normalized spacial score (nSPS) is 24.9. The maximum Gasteiger partial charge on any atom is 0.396 e. The summed E-state index contributed by atoms with van der Waals surface area (Å²) in [6, 6.07) is 7.48. The zero-order valence-corrected chi connectivity index (χ0v) is 15.4. The van der Waals surface area contributed by atoms with Crippen LogP contribution in [-0.4, -0.2) is 53.9 Å². The number of carboxylic acid groups (broad SMARTS) is 1. The van der Waals surface area contributed by atoms with Gasteiger partial charge in [0.2, 0.25) is 5.91 Å². The fourth-order valence-electron chi connectivity index (χ4n) is 4.23. The molecule has 2 unspecified atom stereocenters. The molecule has 3 atom stereocenters. The molecule has 1 aromatic carbocycles. The van der Waals surface area contributed by atoms with E-state index in [2.05, 4.69) is 0 Å². The minimum atomic E-state index is -4.50. The Kier molecular flexibility index (Phi) is 6.27. The molecule has 5 nitrogen and oxygen atoms in total. The minimum absolute atomic E-state index is 0.0141. The first-order valence-corrected chi connectivity index (χ1v) is 9.51. The molecule has 0 aromatic heterocycles. The van der Waals surface area contributed by atoms with Crippen molar-refractivity contribution in [3.63, 3.8) is 0 Å². The number of aliphatic carboxylic acids is 1. The van der Waals surface area contributed by atoms with Crippen molar-refractivity contribution in [3.05, 3.63) is 35.9 Å². The molecule has 0 saturated carbocycles. The van der Waals surface area contributed by atoms with Gasteiger partial charge in [0.25, 0.3) is 0 Å². The summed E-state index contributed by atoms with van der Waals surface area (Å²) in [5, 5.41) is 9.29. The highest BCUT2D eigenvalue weighted by Gasteiger charge is 2.44. The third-order valence-electron chi connectivity index (χ3n) is 5.79. The Hall–Kier alpha value is -2.09. The average molecular weight is 399 g/mol. The van der Waals surface area contributed by atoms with Crippen LogP contribution in [0.2, 0.25) is 0 Å². The molecule has 3 rings (SSSR count). The molecule has 0 aliphatic carbocycles. The largest absolute Gasteiger partial charge is 0.481 e. The standard InChI is InChI=1S/C20H24F3NO4/c21-20(22,23)16(13-4-2-1-3-5-13)12-17(25)24-9-6-14(7-10-24)18-15(19(26)27)8-11-28-18/h1-5,14-16,18H,6-12H2,(H,26,27)/t15?,16?,18-/m0/s1. The molecule has 2 saturated heterocycles. The lowest BCUT2D eigenvalue weighted by molar-refractivity contribution is -0.161. The first kappa shape index (κ1) is 20.6. The number of piperidine rings is 1. The number of amides is 1. The van der Waals surface area contributed by atoms with Crippen LogP contribution >= 0.6 is 0 Å². The van der Waals surface area contributed by atoms with Crippen molar-refractivity contribution in [2.24, 2.45) is 11.8 Å². The number of hydrogen-bond donors (Lipinski definition) is 1. The van der Waals surface area contributed by atoms with Gasteiger partial charge in [-0.05, 0) is 30.7 Å². The molecular formula is C20H24F3NO4. The van der Waals surface area contributed by atoms with Gasteiger partial charge in [-0.2, -0.15) is 13.2 Å². The molecule has 1 N–H and O–H groups in total. The molecule has 2 aliphatic heterocycles. The van der Waals surface area contributed by atoms with Gasteiger partial charge in [0.05, 0.1) is 17.9 Å². The predicted molar refractivity (Wildman–Crippen MR) is 94.6 cm³/mol. The van der Waals surface area contributed by atoms with Gasteiger partial charge in [-0.3, -0.25) is 9.59 Å². The third-order valence-corrected chi connectivity index (χ3v) is 5.79. The van der Waals surface area contributed by atoms with E-state index < -0.39 is 36.3 Å². The predicted octanol–water partition coefficient (Wildman–Crippen LogP) is 3.45. The van der Waals surface area contributed by atoms with Gasteiger partial charge in [0.15, 0.2) is 0 Å². The lowest BCUT2D eigenvalue weighted by atomic mass is 9.84. The van der Waals surface area contributed by atoms with Gasteiger partial charge in [0.1, 0.15) is 0 Å². The van der Waals surface area contributed by atoms with Gasteiger partial charge >= 0.3 is 12.1 Å². The lowest BCUT2D eigenvalue weighted by Gasteiger charge is -2.36. The number of carboxylic acids is 1. The number of hydrogen-bond acceptors (Lipinski definition) is 3. The molecule has 0 spiro atoms. The molecule has 1 aromatic rings. The minimum Gasteiger partial charge on any atom is -0.481 e. The van der Waals surface area contributed by atoms with Gasteiger partial charge in [-0.25, -0.2) is 0 Å². The van der Waals surface area contributed by atoms with Crippen molar-refractivity contribution in [3.8, 4) is 0 Å². The smallest absolute Gasteiger partial charge is 0.396 e. The number of alkyl halides is 3. The Labute approximate surface area is 161 Å². The van der Waals surface area contributed by atoms with Crippen LogP contribution in [0, 0.1) is 11.8 Å². The van der Waals surface area contributed by atoms with E-state index in [1.165, 1.54) is 29.2 Å². The molecule has 154 valence electrons. The van der Waals surface area contributed by atoms with E-state index in [0.29, 0.717) is 39.0 Å². The van der Waals surface area contributed by atoms with E-state index in [0.717, 1.165) is 0 Å². The SMILES string of the molecule is O=C(O)C1CCO[C@H]1C1CCN(C(=O)CC(c2ccccc2)C(F)(F)F)CC1. The fourth-order valence-corrected chi connectivity index (χ4v) is 4.23. The second-order valence-electron chi connectivity index (χ2n) is 7.50. The van der Waals surface area contributed by atoms with Gasteiger partial charge in [0, 0.05) is 26.1 Å². The van der Waals surface area contributed by atoms with E-state index in [4.69, 9.17) is 4.74 Å². The van der Waals surface area contributed by atoms with E-state index >= 15 is 0 Å². The van der Waals surface area contributed by atoms with E-state index in [9.17, 15) is 27.9 Å². The number of likely N-dealkylation sites (tertiary alicyclic amines) is 1.